The van der Waals surface area contributed by atoms with Crippen molar-refractivity contribution in [1.29, 1.82) is 0 Å². The van der Waals surface area contributed by atoms with Crippen LogP contribution in [0.15, 0.2) is 42.7 Å². The minimum absolute atomic E-state index is 0.0262. The van der Waals surface area contributed by atoms with Gasteiger partial charge in [0, 0.05) is 18.4 Å². The van der Waals surface area contributed by atoms with E-state index in [-0.39, 0.29) is 11.3 Å². The molecule has 0 aliphatic carbocycles. The average molecular weight is 354 g/mol. The van der Waals surface area contributed by atoms with Crippen molar-refractivity contribution in [2.75, 3.05) is 32.5 Å². The Morgan fingerprint density at radius 2 is 1.88 bits per heavy atom. The van der Waals surface area contributed by atoms with Gasteiger partial charge in [-0.1, -0.05) is 39.0 Å². The summed E-state index contributed by atoms with van der Waals surface area (Å²) < 4.78 is 0. The van der Waals surface area contributed by atoms with Crippen LogP contribution in [0.5, 0.6) is 0 Å². The molecular formula is C21H30N4O. The fourth-order valence-electron chi connectivity index (χ4n) is 2.73. The number of pyridine rings is 1. The molecule has 1 aromatic heterocycles. The number of nitrogens with one attached hydrogen (secondary N) is 2. The third-order valence-corrected chi connectivity index (χ3v) is 4.08. The van der Waals surface area contributed by atoms with Crippen LogP contribution in [0.25, 0.3) is 0 Å². The maximum absolute atomic E-state index is 12.3. The lowest BCUT2D eigenvalue weighted by molar-refractivity contribution is 0.0952. The van der Waals surface area contributed by atoms with Crippen molar-refractivity contribution in [2.45, 2.75) is 32.6 Å². The maximum Gasteiger partial charge on any atom is 0.252 e. The predicted molar refractivity (Wildman–Crippen MR) is 108 cm³/mol. The first kappa shape index (κ1) is 19.9. The van der Waals surface area contributed by atoms with Gasteiger partial charge in [0.05, 0.1) is 17.4 Å². The molecule has 26 heavy (non-hydrogen) atoms. The Labute approximate surface area is 156 Å². The number of nitrogens with zero attached hydrogens (tertiary/aromatic N) is 2. The van der Waals surface area contributed by atoms with E-state index in [9.17, 15) is 4.79 Å². The summed E-state index contributed by atoms with van der Waals surface area (Å²) in [7, 11) is 4.05. The van der Waals surface area contributed by atoms with Gasteiger partial charge in [-0.05, 0) is 50.2 Å². The lowest BCUT2D eigenvalue weighted by Crippen LogP contribution is -2.27. The maximum atomic E-state index is 12.3. The highest BCUT2D eigenvalue weighted by Gasteiger charge is 2.17. The number of carbonyl (C=O) groups excluding carboxylic acids is 1. The second-order valence-electron chi connectivity index (χ2n) is 7.80. The van der Waals surface area contributed by atoms with Crippen LogP contribution in [0.2, 0.25) is 0 Å². The molecule has 1 amide bonds. The highest BCUT2D eigenvalue weighted by molar-refractivity contribution is 5.94. The number of hydrogen-bond acceptors (Lipinski definition) is 4. The van der Waals surface area contributed by atoms with Gasteiger partial charge >= 0.3 is 0 Å². The average Bonchev–Trinajstić information content (AvgIpc) is 2.58. The Balaban J connectivity index is 2.07. The SMILES string of the molecule is CN(C)CCCNC(=O)c1cncc(Nc2ccccc2C(C)(C)C)c1. The van der Waals surface area contributed by atoms with Crippen LogP contribution in [-0.4, -0.2) is 43.0 Å². The number of hydrogen-bond donors (Lipinski definition) is 2. The first-order chi connectivity index (χ1) is 12.3. The minimum atomic E-state index is -0.0935. The van der Waals surface area contributed by atoms with Gasteiger partial charge in [-0.3, -0.25) is 9.78 Å². The van der Waals surface area contributed by atoms with E-state index in [0.717, 1.165) is 24.3 Å². The summed E-state index contributed by atoms with van der Waals surface area (Å²) in [5.74, 6) is -0.0935. The van der Waals surface area contributed by atoms with E-state index in [1.54, 1.807) is 12.4 Å². The smallest absolute Gasteiger partial charge is 0.252 e. The van der Waals surface area contributed by atoms with Crippen molar-refractivity contribution in [3.05, 3.63) is 53.9 Å². The second-order valence-corrected chi connectivity index (χ2v) is 7.80. The third kappa shape index (κ3) is 5.85. The van der Waals surface area contributed by atoms with E-state index in [2.05, 4.69) is 53.4 Å². The van der Waals surface area contributed by atoms with Crippen molar-refractivity contribution >= 4 is 17.3 Å². The molecule has 2 aromatic rings. The monoisotopic (exact) mass is 354 g/mol. The molecule has 0 saturated carbocycles. The molecule has 5 heteroatoms. The first-order valence-electron chi connectivity index (χ1n) is 9.02. The van der Waals surface area contributed by atoms with E-state index in [1.807, 2.05) is 32.3 Å². The second kappa shape index (κ2) is 8.81. The zero-order chi connectivity index (χ0) is 19.2. The Hall–Kier alpha value is -2.40. The Morgan fingerprint density at radius 1 is 1.15 bits per heavy atom. The minimum Gasteiger partial charge on any atom is -0.354 e. The van der Waals surface area contributed by atoms with Crippen LogP contribution in [0, 0.1) is 0 Å². The van der Waals surface area contributed by atoms with E-state index in [0.29, 0.717) is 12.1 Å². The lowest BCUT2D eigenvalue weighted by Gasteiger charge is -2.23. The van der Waals surface area contributed by atoms with E-state index in [1.165, 1.54) is 5.56 Å². The zero-order valence-electron chi connectivity index (χ0n) is 16.5. The number of anilines is 2. The van der Waals surface area contributed by atoms with E-state index >= 15 is 0 Å². The van der Waals surface area contributed by atoms with Gasteiger partial charge in [0.15, 0.2) is 0 Å². The lowest BCUT2D eigenvalue weighted by atomic mass is 9.86. The van der Waals surface area contributed by atoms with Gasteiger partial charge in [0.1, 0.15) is 0 Å². The number of aromatic nitrogens is 1. The molecule has 1 aromatic carbocycles. The zero-order valence-corrected chi connectivity index (χ0v) is 16.5. The molecule has 140 valence electrons. The third-order valence-electron chi connectivity index (χ3n) is 4.08. The fourth-order valence-corrected chi connectivity index (χ4v) is 2.73. The summed E-state index contributed by atoms with van der Waals surface area (Å²) in [6, 6.07) is 10.1. The molecule has 0 saturated heterocycles. The molecule has 5 nitrogen and oxygen atoms in total. The summed E-state index contributed by atoms with van der Waals surface area (Å²) in [5.41, 5.74) is 3.65. The summed E-state index contributed by atoms with van der Waals surface area (Å²) >= 11 is 0. The topological polar surface area (TPSA) is 57.3 Å². The van der Waals surface area contributed by atoms with Crippen molar-refractivity contribution in [3.8, 4) is 0 Å². The van der Waals surface area contributed by atoms with Gasteiger partial charge in [-0.25, -0.2) is 0 Å². The highest BCUT2D eigenvalue weighted by Crippen LogP contribution is 2.31. The van der Waals surface area contributed by atoms with Crippen molar-refractivity contribution in [1.82, 2.24) is 15.2 Å². The molecule has 0 atom stereocenters. The predicted octanol–water partition coefficient (Wildman–Crippen LogP) is 3.80. The Morgan fingerprint density at radius 3 is 2.58 bits per heavy atom. The molecule has 1 heterocycles. The largest absolute Gasteiger partial charge is 0.354 e. The molecule has 2 rings (SSSR count). The Bertz CT molecular complexity index is 735. The van der Waals surface area contributed by atoms with Crippen LogP contribution >= 0.6 is 0 Å². The molecule has 0 aliphatic heterocycles. The number of amides is 1. The molecule has 0 unspecified atom stereocenters. The van der Waals surface area contributed by atoms with Crippen molar-refractivity contribution in [2.24, 2.45) is 0 Å². The van der Waals surface area contributed by atoms with E-state index < -0.39 is 0 Å². The normalized spacial score (nSPS) is 11.5. The van der Waals surface area contributed by atoms with Crippen LogP contribution in [0.4, 0.5) is 11.4 Å². The van der Waals surface area contributed by atoms with Crippen LogP contribution in [-0.2, 0) is 5.41 Å². The molecule has 0 fully saturated rings. The summed E-state index contributed by atoms with van der Waals surface area (Å²) in [6.07, 6.45) is 4.26. The molecule has 0 spiro atoms. The molecule has 0 bridgehead atoms. The Kier molecular flexibility index (Phi) is 6.75. The van der Waals surface area contributed by atoms with Gasteiger partial charge in [0.2, 0.25) is 0 Å². The van der Waals surface area contributed by atoms with E-state index in [4.69, 9.17) is 0 Å². The molecular weight excluding hydrogens is 324 g/mol. The summed E-state index contributed by atoms with van der Waals surface area (Å²) in [6.45, 7) is 8.15. The molecule has 0 radical (unpaired) electrons. The van der Waals surface area contributed by atoms with Gasteiger partial charge in [-0.2, -0.15) is 0 Å². The highest BCUT2D eigenvalue weighted by atomic mass is 16.1. The van der Waals surface area contributed by atoms with Gasteiger partial charge in [0.25, 0.3) is 5.91 Å². The van der Waals surface area contributed by atoms with Crippen molar-refractivity contribution < 1.29 is 4.79 Å². The van der Waals surface area contributed by atoms with Crippen LogP contribution in [0.3, 0.4) is 0 Å². The first-order valence-corrected chi connectivity index (χ1v) is 9.02. The van der Waals surface area contributed by atoms with Gasteiger partial charge < -0.3 is 15.5 Å². The van der Waals surface area contributed by atoms with Crippen LogP contribution in [0.1, 0.15) is 43.1 Å². The summed E-state index contributed by atoms with van der Waals surface area (Å²) in [4.78, 5) is 18.6. The van der Waals surface area contributed by atoms with Crippen molar-refractivity contribution in [3.63, 3.8) is 0 Å². The number of rotatable bonds is 7. The molecule has 0 aliphatic rings. The number of benzene rings is 1. The quantitative estimate of drug-likeness (QED) is 0.743. The van der Waals surface area contributed by atoms with Gasteiger partial charge in [-0.15, -0.1) is 0 Å². The number of carbonyl (C=O) groups is 1. The number of para-hydroxylation sites is 1. The fraction of sp³-hybridized carbons (Fsp3) is 0.429. The molecule has 2 N–H and O–H groups in total. The summed E-state index contributed by atoms with van der Waals surface area (Å²) in [5, 5.41) is 6.36. The van der Waals surface area contributed by atoms with Crippen LogP contribution < -0.4 is 10.6 Å². The standard InChI is InChI=1S/C21H30N4O/c1-21(2,3)18-9-6-7-10-19(18)24-17-13-16(14-22-15-17)20(26)23-11-8-12-25(4)5/h6-7,9-10,13-15,24H,8,11-12H2,1-5H3,(H,23,26).